The van der Waals surface area contributed by atoms with Gasteiger partial charge in [0, 0.05) is 11.1 Å². The lowest BCUT2D eigenvalue weighted by atomic mass is 9.95. The minimum atomic E-state index is -1.23. The van der Waals surface area contributed by atoms with Gasteiger partial charge in [-0.05, 0) is 30.3 Å². The van der Waals surface area contributed by atoms with Crippen LogP contribution in [0.2, 0.25) is 5.02 Å². The molecule has 0 radical (unpaired) electrons. The van der Waals surface area contributed by atoms with Gasteiger partial charge >= 0.3 is 0 Å². The minimum absolute atomic E-state index is 0.103. The van der Waals surface area contributed by atoms with Crippen molar-refractivity contribution in [3.8, 4) is 24.0 Å². The molecule has 116 valence electrons. The van der Waals surface area contributed by atoms with Gasteiger partial charge in [0.05, 0.1) is 13.1 Å². The summed E-state index contributed by atoms with van der Waals surface area (Å²) in [6.07, 6.45) is 5.21. The molecule has 5 nitrogen and oxygen atoms in total. The lowest BCUT2D eigenvalue weighted by molar-refractivity contribution is -0.0390. The summed E-state index contributed by atoms with van der Waals surface area (Å²) in [7, 11) is 0. The number of aromatic nitrogens is 1. The monoisotopic (exact) mass is 328 g/mol. The fraction of sp³-hybridized carbons (Fsp3) is 0.176. The van der Waals surface area contributed by atoms with E-state index in [1.54, 1.807) is 42.5 Å². The van der Waals surface area contributed by atoms with Gasteiger partial charge in [0.15, 0.2) is 5.60 Å². The van der Waals surface area contributed by atoms with Crippen molar-refractivity contribution in [2.24, 2.45) is 0 Å². The molecule has 1 aliphatic heterocycles. The Balaban J connectivity index is 1.72. The van der Waals surface area contributed by atoms with Crippen molar-refractivity contribution in [3.63, 3.8) is 0 Å². The Morgan fingerprint density at radius 2 is 2.00 bits per heavy atom. The number of amides is 1. The Labute approximate surface area is 138 Å². The molecule has 0 spiro atoms. The van der Waals surface area contributed by atoms with Gasteiger partial charge < -0.3 is 14.7 Å². The third-order valence-electron chi connectivity index (χ3n) is 3.44. The van der Waals surface area contributed by atoms with Gasteiger partial charge in [-0.25, -0.2) is 4.98 Å². The van der Waals surface area contributed by atoms with Gasteiger partial charge in [0.2, 0.25) is 5.88 Å². The number of aliphatic hydroxyl groups is 1. The number of hydrogen-bond donors (Lipinski definition) is 1. The number of rotatable bonds is 3. The molecule has 3 rings (SSSR count). The molecule has 0 saturated carbocycles. The molecule has 1 N–H and O–H groups in total. The van der Waals surface area contributed by atoms with Crippen molar-refractivity contribution in [1.29, 1.82) is 0 Å². The van der Waals surface area contributed by atoms with Crippen LogP contribution in [0.1, 0.15) is 10.5 Å². The van der Waals surface area contributed by atoms with Crippen LogP contribution in [0.15, 0.2) is 42.5 Å². The Hall–Kier alpha value is -2.55. The summed E-state index contributed by atoms with van der Waals surface area (Å²) < 4.78 is 5.60. The zero-order chi connectivity index (χ0) is 16.4. The predicted molar refractivity (Wildman–Crippen MR) is 85.4 cm³/mol. The van der Waals surface area contributed by atoms with E-state index in [2.05, 4.69) is 10.9 Å². The second-order valence-corrected chi connectivity index (χ2v) is 5.69. The fourth-order valence-electron chi connectivity index (χ4n) is 2.20. The third kappa shape index (κ3) is 3.29. The summed E-state index contributed by atoms with van der Waals surface area (Å²) in [5.74, 6) is 2.83. The summed E-state index contributed by atoms with van der Waals surface area (Å²) >= 11 is 5.82. The summed E-state index contributed by atoms with van der Waals surface area (Å²) in [6.45, 7) is 0.207. The van der Waals surface area contributed by atoms with E-state index in [-0.39, 0.29) is 24.7 Å². The number of nitrogens with zero attached hydrogens (tertiary/aromatic N) is 2. The molecule has 0 bridgehead atoms. The van der Waals surface area contributed by atoms with E-state index in [0.717, 1.165) is 0 Å². The zero-order valence-corrected chi connectivity index (χ0v) is 12.8. The van der Waals surface area contributed by atoms with Crippen LogP contribution in [0, 0.1) is 12.3 Å². The highest BCUT2D eigenvalue weighted by molar-refractivity contribution is 6.30. The van der Waals surface area contributed by atoms with E-state index < -0.39 is 5.60 Å². The average Bonchev–Trinajstić information content (AvgIpc) is 2.54. The number of hydrogen-bond acceptors (Lipinski definition) is 4. The zero-order valence-electron chi connectivity index (χ0n) is 12.1. The number of halogens is 1. The van der Waals surface area contributed by atoms with Crippen LogP contribution in [-0.2, 0) is 0 Å². The van der Waals surface area contributed by atoms with E-state index in [0.29, 0.717) is 16.7 Å². The molecule has 1 aromatic heterocycles. The highest BCUT2D eigenvalue weighted by atomic mass is 35.5. The van der Waals surface area contributed by atoms with E-state index in [1.165, 1.54) is 4.90 Å². The molecule has 0 aliphatic carbocycles. The smallest absolute Gasteiger partial charge is 0.272 e. The number of β-amino-alcohol motifs (C(OH)–C–C–N with tert-alkyl or cyclic N) is 1. The van der Waals surface area contributed by atoms with Crippen molar-refractivity contribution in [2.45, 2.75) is 5.60 Å². The van der Waals surface area contributed by atoms with E-state index >= 15 is 0 Å². The number of benzene rings is 1. The van der Waals surface area contributed by atoms with Crippen LogP contribution >= 0.6 is 11.6 Å². The molecule has 2 aromatic rings. The first-order valence-corrected chi connectivity index (χ1v) is 7.27. The summed E-state index contributed by atoms with van der Waals surface area (Å²) in [5, 5.41) is 10.4. The van der Waals surface area contributed by atoms with Crippen molar-refractivity contribution >= 4 is 17.5 Å². The van der Waals surface area contributed by atoms with Gasteiger partial charge in [0.25, 0.3) is 5.91 Å². The second kappa shape index (κ2) is 5.92. The molecule has 1 aromatic carbocycles. The maximum atomic E-state index is 12.3. The van der Waals surface area contributed by atoms with Gasteiger partial charge in [-0.1, -0.05) is 23.6 Å². The molecule has 1 aliphatic rings. The van der Waals surface area contributed by atoms with Crippen LogP contribution in [0.3, 0.4) is 0 Å². The molecule has 1 fully saturated rings. The van der Waals surface area contributed by atoms with Crippen molar-refractivity contribution in [1.82, 2.24) is 9.88 Å². The molecule has 6 heteroatoms. The third-order valence-corrected chi connectivity index (χ3v) is 3.69. The number of carbonyl (C=O) groups is 1. The Morgan fingerprint density at radius 1 is 1.30 bits per heavy atom. The van der Waals surface area contributed by atoms with E-state index in [4.69, 9.17) is 22.8 Å². The quantitative estimate of drug-likeness (QED) is 0.879. The molecule has 1 amide bonds. The fourth-order valence-corrected chi connectivity index (χ4v) is 2.32. The molecule has 0 unspecified atom stereocenters. The van der Waals surface area contributed by atoms with Crippen molar-refractivity contribution in [2.75, 3.05) is 13.1 Å². The number of pyridine rings is 1. The lowest BCUT2D eigenvalue weighted by Crippen LogP contribution is -2.62. The second-order valence-electron chi connectivity index (χ2n) is 5.25. The Morgan fingerprint density at radius 3 is 2.65 bits per heavy atom. The highest BCUT2D eigenvalue weighted by Crippen LogP contribution is 2.24. The Bertz CT molecular complexity index is 777. The first-order chi connectivity index (χ1) is 11.0. The summed E-state index contributed by atoms with van der Waals surface area (Å²) in [5.41, 5.74) is -0.997. The number of ether oxygens (including phenoxy) is 1. The van der Waals surface area contributed by atoms with E-state index in [1.807, 2.05) is 0 Å². The van der Waals surface area contributed by atoms with Crippen LogP contribution in [0.5, 0.6) is 11.6 Å². The van der Waals surface area contributed by atoms with Crippen LogP contribution in [-0.4, -0.2) is 39.6 Å². The minimum Gasteiger partial charge on any atom is -0.439 e. The van der Waals surface area contributed by atoms with Crippen molar-refractivity contribution in [3.05, 3.63) is 53.2 Å². The number of carbonyl (C=O) groups excluding carboxylic acids is 1. The van der Waals surface area contributed by atoms with Crippen LogP contribution < -0.4 is 4.74 Å². The molecule has 1 saturated heterocycles. The maximum Gasteiger partial charge on any atom is 0.272 e. The van der Waals surface area contributed by atoms with Gasteiger partial charge in [-0.2, -0.15) is 0 Å². The molecule has 0 atom stereocenters. The Kier molecular flexibility index (Phi) is 3.95. The molecule has 23 heavy (non-hydrogen) atoms. The summed E-state index contributed by atoms with van der Waals surface area (Å²) in [6, 6.07) is 11.7. The standard InChI is InChI=1S/C17H13ClN2O3/c1-2-17(22)10-20(11-17)16(21)14-4-3-5-15(19-14)23-13-8-6-12(18)7-9-13/h1,3-9,22H,10-11H2. The largest absolute Gasteiger partial charge is 0.439 e. The molecule has 2 heterocycles. The predicted octanol–water partition coefficient (Wildman–Crippen LogP) is 2.35. The van der Waals surface area contributed by atoms with Crippen LogP contribution in [0.4, 0.5) is 0 Å². The topological polar surface area (TPSA) is 62.7 Å². The number of terminal acetylenes is 1. The van der Waals surface area contributed by atoms with Gasteiger partial charge in [0.1, 0.15) is 11.4 Å². The first-order valence-electron chi connectivity index (χ1n) is 6.89. The maximum absolute atomic E-state index is 12.3. The van der Waals surface area contributed by atoms with Crippen molar-refractivity contribution < 1.29 is 14.6 Å². The van der Waals surface area contributed by atoms with Gasteiger partial charge in [-0.15, -0.1) is 6.42 Å². The molecular formula is C17H13ClN2O3. The lowest BCUT2D eigenvalue weighted by Gasteiger charge is -2.42. The average molecular weight is 329 g/mol. The highest BCUT2D eigenvalue weighted by Gasteiger charge is 2.42. The SMILES string of the molecule is C#CC1(O)CN(C(=O)c2cccc(Oc3ccc(Cl)cc3)n2)C1. The summed E-state index contributed by atoms with van der Waals surface area (Å²) in [4.78, 5) is 17.9. The normalized spacial score (nSPS) is 15.4. The first kappa shape index (κ1) is 15.3. The van der Waals surface area contributed by atoms with E-state index in [9.17, 15) is 9.90 Å². The molecular weight excluding hydrogens is 316 g/mol. The number of likely N-dealkylation sites (tertiary alicyclic amines) is 1. The van der Waals surface area contributed by atoms with Crippen LogP contribution in [0.25, 0.3) is 0 Å². The van der Waals surface area contributed by atoms with Gasteiger partial charge in [-0.3, -0.25) is 4.79 Å².